The van der Waals surface area contributed by atoms with Gasteiger partial charge >= 0.3 is 0 Å². The van der Waals surface area contributed by atoms with Crippen molar-refractivity contribution in [2.45, 2.75) is 38.1 Å². The monoisotopic (exact) mass is 427 g/mol. The predicted molar refractivity (Wildman–Crippen MR) is 118 cm³/mol. The second-order valence-corrected chi connectivity index (χ2v) is 10.2. The number of anilines is 1. The number of nitrogens with zero attached hydrogens (tertiary/aromatic N) is 3. The topological polar surface area (TPSA) is 60.9 Å². The van der Waals surface area contributed by atoms with Crippen LogP contribution < -0.4 is 4.90 Å². The highest BCUT2D eigenvalue weighted by molar-refractivity contribution is 7.89. The van der Waals surface area contributed by atoms with Crippen LogP contribution in [-0.2, 0) is 21.2 Å². The van der Waals surface area contributed by atoms with Gasteiger partial charge in [-0.1, -0.05) is 24.3 Å². The molecule has 2 aliphatic rings. The number of para-hydroxylation sites is 1. The van der Waals surface area contributed by atoms with Crippen LogP contribution in [0.4, 0.5) is 5.69 Å². The van der Waals surface area contributed by atoms with Crippen LogP contribution in [-0.4, -0.2) is 62.3 Å². The van der Waals surface area contributed by atoms with Crippen LogP contribution in [0.3, 0.4) is 0 Å². The maximum atomic E-state index is 13.1. The molecule has 0 aromatic heterocycles. The molecule has 1 saturated heterocycles. The Morgan fingerprint density at radius 2 is 1.63 bits per heavy atom. The summed E-state index contributed by atoms with van der Waals surface area (Å²) in [6, 6.07) is 13.0. The smallest absolute Gasteiger partial charge is 0.244 e. The normalized spacial score (nSPS) is 19.0. The molecule has 1 amide bonds. The minimum Gasteiger partial charge on any atom is -0.310 e. The van der Waals surface area contributed by atoms with Crippen LogP contribution in [0.15, 0.2) is 47.4 Å². The Labute approximate surface area is 179 Å². The SMILES string of the molecule is Cc1ccc(S(=O)(=O)N2CCN([C@@H](C)C(=O)N3CCc4ccccc43)CC2)cc1C. The fourth-order valence-electron chi connectivity index (χ4n) is 4.30. The van der Waals surface area contributed by atoms with E-state index in [9.17, 15) is 13.2 Å². The van der Waals surface area contributed by atoms with Crippen molar-refractivity contribution in [1.29, 1.82) is 0 Å². The van der Waals surface area contributed by atoms with Crippen molar-refractivity contribution in [3.63, 3.8) is 0 Å². The molecule has 30 heavy (non-hydrogen) atoms. The highest BCUT2D eigenvalue weighted by atomic mass is 32.2. The number of sulfonamides is 1. The number of hydrogen-bond donors (Lipinski definition) is 0. The van der Waals surface area contributed by atoms with Gasteiger partial charge in [-0.05, 0) is 62.1 Å². The highest BCUT2D eigenvalue weighted by Gasteiger charge is 2.35. The molecular weight excluding hydrogens is 398 g/mol. The van der Waals surface area contributed by atoms with E-state index in [-0.39, 0.29) is 11.9 Å². The molecule has 6 nitrogen and oxygen atoms in total. The first kappa shape index (κ1) is 21.0. The summed E-state index contributed by atoms with van der Waals surface area (Å²) >= 11 is 0. The lowest BCUT2D eigenvalue weighted by Gasteiger charge is -2.38. The summed E-state index contributed by atoms with van der Waals surface area (Å²) < 4.78 is 27.6. The van der Waals surface area contributed by atoms with Gasteiger partial charge in [0.15, 0.2) is 0 Å². The first-order chi connectivity index (χ1) is 14.3. The van der Waals surface area contributed by atoms with Crippen LogP contribution in [0.25, 0.3) is 0 Å². The Hall–Kier alpha value is -2.22. The summed E-state index contributed by atoms with van der Waals surface area (Å²) in [5, 5.41) is 0. The van der Waals surface area contributed by atoms with Crippen LogP contribution in [0.5, 0.6) is 0 Å². The lowest BCUT2D eigenvalue weighted by molar-refractivity contribution is -0.123. The van der Waals surface area contributed by atoms with Gasteiger partial charge in [0.05, 0.1) is 10.9 Å². The minimum atomic E-state index is -3.51. The fraction of sp³-hybridized carbons (Fsp3) is 0.435. The standard InChI is InChI=1S/C23H29N3O3S/c1-17-8-9-21(16-18(17)2)30(28,29)25-14-12-24(13-15-25)19(3)23(27)26-11-10-20-6-4-5-7-22(20)26/h4-9,16,19H,10-15H2,1-3H3/t19-/m0/s1. The number of fused-ring (bicyclic) bond motifs is 1. The molecule has 2 aliphatic heterocycles. The van der Waals surface area contributed by atoms with Crippen LogP contribution in [0, 0.1) is 13.8 Å². The van der Waals surface area contributed by atoms with E-state index < -0.39 is 10.0 Å². The van der Waals surface area contributed by atoms with Crippen molar-refractivity contribution < 1.29 is 13.2 Å². The van der Waals surface area contributed by atoms with E-state index in [1.165, 1.54) is 9.87 Å². The summed E-state index contributed by atoms with van der Waals surface area (Å²) in [5.41, 5.74) is 4.27. The lowest BCUT2D eigenvalue weighted by atomic mass is 10.1. The molecule has 2 heterocycles. The molecule has 2 aromatic rings. The van der Waals surface area contributed by atoms with Gasteiger partial charge in [-0.25, -0.2) is 8.42 Å². The average molecular weight is 428 g/mol. The minimum absolute atomic E-state index is 0.0883. The molecular formula is C23H29N3O3S. The molecule has 1 fully saturated rings. The zero-order valence-electron chi connectivity index (χ0n) is 17.8. The molecule has 2 aromatic carbocycles. The Morgan fingerprint density at radius 1 is 0.933 bits per heavy atom. The third kappa shape index (κ3) is 3.77. The second kappa shape index (κ2) is 8.13. The van der Waals surface area contributed by atoms with Crippen molar-refractivity contribution in [3.05, 3.63) is 59.2 Å². The van der Waals surface area contributed by atoms with Gasteiger partial charge in [0.2, 0.25) is 15.9 Å². The number of amides is 1. The van der Waals surface area contributed by atoms with Gasteiger partial charge in [-0.3, -0.25) is 9.69 Å². The van der Waals surface area contributed by atoms with Gasteiger partial charge in [-0.2, -0.15) is 4.31 Å². The Bertz CT molecular complexity index is 1060. The van der Waals surface area contributed by atoms with E-state index in [0.29, 0.717) is 37.6 Å². The van der Waals surface area contributed by atoms with E-state index in [2.05, 4.69) is 11.0 Å². The zero-order chi connectivity index (χ0) is 21.5. The number of carbonyl (C=O) groups excluding carboxylic acids is 1. The van der Waals surface area contributed by atoms with Gasteiger partial charge in [-0.15, -0.1) is 0 Å². The molecule has 0 unspecified atom stereocenters. The summed E-state index contributed by atoms with van der Waals surface area (Å²) in [4.78, 5) is 17.4. The molecule has 1 atom stereocenters. The number of hydrogen-bond acceptors (Lipinski definition) is 4. The van der Waals surface area contributed by atoms with Crippen molar-refractivity contribution in [2.75, 3.05) is 37.6 Å². The van der Waals surface area contributed by atoms with E-state index in [1.54, 1.807) is 12.1 Å². The first-order valence-electron chi connectivity index (χ1n) is 10.5. The molecule has 0 radical (unpaired) electrons. The summed E-state index contributed by atoms with van der Waals surface area (Å²) in [6.07, 6.45) is 0.886. The van der Waals surface area contributed by atoms with Gasteiger partial charge < -0.3 is 4.90 Å². The quantitative estimate of drug-likeness (QED) is 0.753. The van der Waals surface area contributed by atoms with Gasteiger partial charge in [0.1, 0.15) is 0 Å². The molecule has 0 aliphatic carbocycles. The van der Waals surface area contributed by atoms with Gasteiger partial charge in [0.25, 0.3) is 0 Å². The molecule has 0 saturated carbocycles. The summed E-state index contributed by atoms with van der Waals surface area (Å²) in [6.45, 7) is 8.42. The molecule has 160 valence electrons. The second-order valence-electron chi connectivity index (χ2n) is 8.23. The third-order valence-corrected chi connectivity index (χ3v) is 8.34. The number of piperazine rings is 1. The number of rotatable bonds is 4. The average Bonchev–Trinajstić information content (AvgIpc) is 3.19. The van der Waals surface area contributed by atoms with E-state index in [4.69, 9.17) is 0 Å². The van der Waals surface area contributed by atoms with E-state index >= 15 is 0 Å². The Kier molecular flexibility index (Phi) is 5.70. The Morgan fingerprint density at radius 3 is 2.33 bits per heavy atom. The Balaban J connectivity index is 1.42. The molecule has 0 spiro atoms. The predicted octanol–water partition coefficient (Wildman–Crippen LogP) is 2.59. The zero-order valence-corrected chi connectivity index (χ0v) is 18.7. The number of carbonyl (C=O) groups is 1. The van der Waals surface area contributed by atoms with Crippen molar-refractivity contribution in [1.82, 2.24) is 9.21 Å². The van der Waals surface area contributed by atoms with Crippen LogP contribution >= 0.6 is 0 Å². The first-order valence-corrected chi connectivity index (χ1v) is 11.9. The van der Waals surface area contributed by atoms with Crippen LogP contribution in [0.2, 0.25) is 0 Å². The van der Waals surface area contributed by atoms with Crippen LogP contribution in [0.1, 0.15) is 23.6 Å². The number of benzene rings is 2. The number of aryl methyl sites for hydroxylation is 2. The largest absolute Gasteiger partial charge is 0.310 e. The van der Waals surface area contributed by atoms with E-state index in [0.717, 1.165) is 23.2 Å². The summed E-state index contributed by atoms with van der Waals surface area (Å²) in [7, 11) is -3.51. The molecule has 0 N–H and O–H groups in total. The van der Waals surface area contributed by atoms with Gasteiger partial charge in [0, 0.05) is 38.4 Å². The van der Waals surface area contributed by atoms with Crippen molar-refractivity contribution in [3.8, 4) is 0 Å². The fourth-order valence-corrected chi connectivity index (χ4v) is 5.81. The molecule has 7 heteroatoms. The van der Waals surface area contributed by atoms with E-state index in [1.807, 2.05) is 49.9 Å². The lowest BCUT2D eigenvalue weighted by Crippen LogP contribution is -2.55. The third-order valence-electron chi connectivity index (χ3n) is 6.45. The van der Waals surface area contributed by atoms with Crippen molar-refractivity contribution in [2.24, 2.45) is 0 Å². The highest BCUT2D eigenvalue weighted by Crippen LogP contribution is 2.29. The molecule has 4 rings (SSSR count). The maximum Gasteiger partial charge on any atom is 0.244 e. The van der Waals surface area contributed by atoms with Crippen molar-refractivity contribution >= 4 is 21.6 Å². The maximum absolute atomic E-state index is 13.1. The summed E-state index contributed by atoms with van der Waals surface area (Å²) in [5.74, 6) is 0.0883. The molecule has 0 bridgehead atoms.